The molecule has 1 amide bonds. The van der Waals surface area contributed by atoms with Gasteiger partial charge >= 0.3 is 0 Å². The van der Waals surface area contributed by atoms with Crippen molar-refractivity contribution in [1.82, 2.24) is 10.6 Å². The van der Waals surface area contributed by atoms with E-state index in [2.05, 4.69) is 17.6 Å². The minimum Gasteiger partial charge on any atom is -0.497 e. The first-order valence-electron chi connectivity index (χ1n) is 14.8. The van der Waals surface area contributed by atoms with E-state index in [1.807, 2.05) is 66.7 Å². The van der Waals surface area contributed by atoms with Crippen molar-refractivity contribution in [2.45, 2.75) is 64.1 Å². The number of nitrogens with one attached hydrogen (secondary N) is 2. The number of hydrogen-bond donors (Lipinski definition) is 5. The third-order valence-corrected chi connectivity index (χ3v) is 9.53. The highest BCUT2D eigenvalue weighted by Gasteiger charge is 2.27. The Hall–Kier alpha value is -3.08. The lowest BCUT2D eigenvalue weighted by molar-refractivity contribution is 0.0830. The summed E-state index contributed by atoms with van der Waals surface area (Å²) in [7, 11) is -1.32. The SMILES string of the molecule is CCCc1cc(C(=O)N[C@@H](Cc2ccccc2)[C@@H](O)CNCc2cccc(OC)c2)cc(N2CCCCCS2(O)O)c1. The molecule has 3 aromatic rings. The molecule has 8 nitrogen and oxygen atoms in total. The Kier molecular flexibility index (Phi) is 11.7. The number of anilines is 1. The molecule has 0 spiro atoms. The number of benzene rings is 3. The number of methoxy groups -OCH3 is 1. The summed E-state index contributed by atoms with van der Waals surface area (Å²) >= 11 is 0. The predicted molar refractivity (Wildman–Crippen MR) is 171 cm³/mol. The molecule has 4 rings (SSSR count). The van der Waals surface area contributed by atoms with Gasteiger partial charge < -0.3 is 20.5 Å². The second kappa shape index (κ2) is 15.4. The van der Waals surface area contributed by atoms with Crippen molar-refractivity contribution >= 4 is 22.4 Å². The van der Waals surface area contributed by atoms with E-state index in [1.165, 1.54) is 0 Å². The third kappa shape index (κ3) is 8.96. The molecule has 0 bridgehead atoms. The van der Waals surface area contributed by atoms with Crippen LogP contribution in [0.4, 0.5) is 5.69 Å². The highest BCUT2D eigenvalue weighted by molar-refractivity contribution is 8.25. The van der Waals surface area contributed by atoms with Gasteiger partial charge in [0.25, 0.3) is 5.91 Å². The largest absolute Gasteiger partial charge is 0.497 e. The summed E-state index contributed by atoms with van der Waals surface area (Å²) in [5.74, 6) is 0.809. The van der Waals surface area contributed by atoms with Gasteiger partial charge in [-0.2, -0.15) is 0 Å². The molecule has 0 radical (unpaired) electrons. The summed E-state index contributed by atoms with van der Waals surface area (Å²) in [4.78, 5) is 13.7. The monoisotopic (exact) mass is 595 g/mol. The molecule has 1 aliphatic rings. The zero-order valence-electron chi connectivity index (χ0n) is 24.7. The maximum atomic E-state index is 13.7. The van der Waals surface area contributed by atoms with Crippen molar-refractivity contribution in [3.63, 3.8) is 0 Å². The average molecular weight is 596 g/mol. The number of rotatable bonds is 13. The first-order valence-corrected chi connectivity index (χ1v) is 16.5. The van der Waals surface area contributed by atoms with E-state index in [1.54, 1.807) is 17.5 Å². The number of carbonyl (C=O) groups is 1. The van der Waals surface area contributed by atoms with Gasteiger partial charge in [-0.05, 0) is 79.1 Å². The average Bonchev–Trinajstić information content (AvgIpc) is 3.17. The van der Waals surface area contributed by atoms with E-state index in [0.717, 1.165) is 54.5 Å². The molecule has 42 heavy (non-hydrogen) atoms. The lowest BCUT2D eigenvalue weighted by atomic mass is 9.99. The number of carbonyl (C=O) groups excluding carboxylic acids is 1. The Morgan fingerprint density at radius 2 is 1.76 bits per heavy atom. The van der Waals surface area contributed by atoms with Crippen molar-refractivity contribution in [2.75, 3.05) is 30.3 Å². The van der Waals surface area contributed by atoms with Gasteiger partial charge in [0.15, 0.2) is 0 Å². The predicted octanol–water partition coefficient (Wildman–Crippen LogP) is 5.80. The summed E-state index contributed by atoms with van der Waals surface area (Å²) in [5.41, 5.74) is 4.12. The van der Waals surface area contributed by atoms with E-state index in [9.17, 15) is 19.0 Å². The van der Waals surface area contributed by atoms with Crippen LogP contribution in [0.15, 0.2) is 72.8 Å². The minimum absolute atomic E-state index is 0.283. The van der Waals surface area contributed by atoms with Crippen LogP contribution < -0.4 is 19.7 Å². The number of amides is 1. The minimum atomic E-state index is -2.96. The van der Waals surface area contributed by atoms with E-state index >= 15 is 0 Å². The molecule has 0 saturated carbocycles. The Morgan fingerprint density at radius 3 is 2.52 bits per heavy atom. The molecular formula is C33H45N3O5S. The fourth-order valence-electron chi connectivity index (χ4n) is 5.36. The topological polar surface area (TPSA) is 114 Å². The summed E-state index contributed by atoms with van der Waals surface area (Å²) < 4.78 is 28.8. The lowest BCUT2D eigenvalue weighted by Gasteiger charge is -2.43. The van der Waals surface area contributed by atoms with Crippen LogP contribution in [0, 0.1) is 0 Å². The smallest absolute Gasteiger partial charge is 0.251 e. The van der Waals surface area contributed by atoms with Crippen LogP contribution in [-0.2, 0) is 19.4 Å². The molecule has 3 aromatic carbocycles. The van der Waals surface area contributed by atoms with Crippen LogP contribution >= 0.6 is 10.8 Å². The standard InChI is InChI=1S/C33H45N3O5S/c1-3-11-26-18-28(22-29(19-26)36-16-8-5-9-17-42(36,39)40)33(38)35-31(21-25-12-6-4-7-13-25)32(37)24-34-23-27-14-10-15-30(20-27)41-2/h4,6-7,10,12-15,18-20,22,31-32,34,37,39-40H,3,5,8-9,11,16-17,21,23-24H2,1-2H3,(H,35,38)/t31-,32-/m0/s1. The molecule has 1 aliphatic heterocycles. The van der Waals surface area contributed by atoms with Gasteiger partial charge in [-0.1, -0.05) is 55.8 Å². The van der Waals surface area contributed by atoms with Crippen LogP contribution in [-0.4, -0.2) is 58.2 Å². The number of aliphatic hydroxyl groups is 1. The van der Waals surface area contributed by atoms with Crippen molar-refractivity contribution in [1.29, 1.82) is 0 Å². The van der Waals surface area contributed by atoms with Crippen LogP contribution in [0.3, 0.4) is 0 Å². The Labute approximate surface area is 251 Å². The molecule has 0 unspecified atom stereocenters. The van der Waals surface area contributed by atoms with E-state index < -0.39 is 22.9 Å². The quantitative estimate of drug-likeness (QED) is 0.170. The lowest BCUT2D eigenvalue weighted by Crippen LogP contribution is -2.48. The normalized spacial score (nSPS) is 17.1. The van der Waals surface area contributed by atoms with Crippen LogP contribution in [0.5, 0.6) is 5.75 Å². The fraction of sp³-hybridized carbons (Fsp3) is 0.424. The summed E-state index contributed by atoms with van der Waals surface area (Å²) in [6.45, 7) is 3.44. The summed E-state index contributed by atoms with van der Waals surface area (Å²) in [6.07, 6.45) is 3.85. The van der Waals surface area contributed by atoms with Gasteiger partial charge in [0.05, 0.1) is 30.7 Å². The molecule has 1 saturated heterocycles. The van der Waals surface area contributed by atoms with E-state index in [4.69, 9.17) is 4.74 Å². The molecular weight excluding hydrogens is 550 g/mol. The number of hydrogen-bond acceptors (Lipinski definition) is 7. The number of nitrogens with zero attached hydrogens (tertiary/aromatic N) is 1. The molecule has 0 aromatic heterocycles. The van der Waals surface area contributed by atoms with Gasteiger partial charge in [0.2, 0.25) is 0 Å². The van der Waals surface area contributed by atoms with Crippen molar-refractivity contribution < 1.29 is 23.7 Å². The second-order valence-corrected chi connectivity index (χ2v) is 13.1. The Balaban J connectivity index is 1.53. The van der Waals surface area contributed by atoms with Gasteiger partial charge in [0, 0.05) is 25.2 Å². The fourth-order valence-corrected chi connectivity index (χ4v) is 7.03. The first-order chi connectivity index (χ1) is 20.3. The maximum Gasteiger partial charge on any atom is 0.251 e. The van der Waals surface area contributed by atoms with Crippen LogP contribution in [0.2, 0.25) is 0 Å². The Morgan fingerprint density at radius 1 is 0.976 bits per heavy atom. The Bertz CT molecular complexity index is 1290. The highest BCUT2D eigenvalue weighted by atomic mass is 32.3. The first kappa shape index (κ1) is 31.8. The molecule has 2 atom stereocenters. The summed E-state index contributed by atoms with van der Waals surface area (Å²) in [5, 5.41) is 17.7. The van der Waals surface area contributed by atoms with Crippen LogP contribution in [0.1, 0.15) is 59.7 Å². The molecule has 1 heterocycles. The molecule has 228 valence electrons. The number of aliphatic hydroxyl groups excluding tert-OH is 1. The van der Waals surface area contributed by atoms with Crippen molar-refractivity contribution in [3.8, 4) is 5.75 Å². The number of ether oxygens (including phenoxy) is 1. The van der Waals surface area contributed by atoms with Crippen molar-refractivity contribution in [2.24, 2.45) is 0 Å². The summed E-state index contributed by atoms with van der Waals surface area (Å²) in [6, 6.07) is 22.6. The zero-order chi connectivity index (χ0) is 30.0. The number of aryl methyl sites for hydroxylation is 1. The van der Waals surface area contributed by atoms with Crippen molar-refractivity contribution in [3.05, 3.63) is 95.1 Å². The highest BCUT2D eigenvalue weighted by Crippen LogP contribution is 2.49. The van der Waals surface area contributed by atoms with Gasteiger partial charge in [-0.25, -0.2) is 0 Å². The maximum absolute atomic E-state index is 13.7. The van der Waals surface area contributed by atoms with E-state index in [0.29, 0.717) is 36.5 Å². The molecule has 0 aliphatic carbocycles. The van der Waals surface area contributed by atoms with Gasteiger partial charge in [0.1, 0.15) is 5.75 Å². The van der Waals surface area contributed by atoms with Gasteiger partial charge in [-0.15, -0.1) is 10.8 Å². The second-order valence-electron chi connectivity index (χ2n) is 11.0. The van der Waals surface area contributed by atoms with E-state index in [-0.39, 0.29) is 12.5 Å². The van der Waals surface area contributed by atoms with Gasteiger partial charge in [-0.3, -0.25) is 18.2 Å². The molecule has 5 N–H and O–H groups in total. The van der Waals surface area contributed by atoms with Crippen LogP contribution in [0.25, 0.3) is 0 Å². The molecule has 9 heteroatoms. The zero-order valence-corrected chi connectivity index (χ0v) is 25.5. The molecule has 1 fully saturated rings. The third-order valence-electron chi connectivity index (χ3n) is 7.59.